The maximum atomic E-state index is 13.5. The zero-order chi connectivity index (χ0) is 23.9. The minimum absolute atomic E-state index is 0.226. The lowest BCUT2D eigenvalue weighted by atomic mass is 10.1. The topological polar surface area (TPSA) is 50.9 Å². The first-order valence-corrected chi connectivity index (χ1v) is 12.6. The fraction of sp³-hybridized carbons (Fsp3) is 0.357. The number of imidazole rings is 1. The molecular formula is C28H31FN6. The van der Waals surface area contributed by atoms with E-state index in [-0.39, 0.29) is 5.82 Å². The van der Waals surface area contributed by atoms with Crippen LogP contribution in [0.5, 0.6) is 0 Å². The third-order valence-electron chi connectivity index (χ3n) is 7.44. The number of halogens is 1. The maximum Gasteiger partial charge on any atom is 0.161 e. The van der Waals surface area contributed by atoms with Gasteiger partial charge in [-0.1, -0.05) is 19.1 Å². The predicted molar refractivity (Wildman–Crippen MR) is 137 cm³/mol. The number of fused-ring (bicyclic) bond motifs is 5. The molecule has 180 valence electrons. The van der Waals surface area contributed by atoms with E-state index in [1.807, 2.05) is 24.5 Å². The van der Waals surface area contributed by atoms with Crippen LogP contribution in [-0.4, -0.2) is 44.8 Å². The van der Waals surface area contributed by atoms with Crippen LogP contribution in [0, 0.1) is 11.7 Å². The predicted octanol–water partition coefficient (Wildman–Crippen LogP) is 5.12. The standard InChI is InChI=1S/C28H31FN6/c1-3-19(2)31-15-20-10-12-33(16-20)27-9-8-25-24(32-27)18-34-17-22(21-4-6-23(29)7-5-21)14-26(34)28-30-11-13-35(25)28/h4-9,11,13-14,17,19-20,31H,3,10,12,15-16,18H2,1-2H3/t19-,20+/m0/s1. The molecular weight excluding hydrogens is 439 g/mol. The van der Waals surface area contributed by atoms with E-state index < -0.39 is 0 Å². The van der Waals surface area contributed by atoms with Crippen molar-refractivity contribution in [1.29, 1.82) is 0 Å². The number of nitrogens with one attached hydrogen (secondary N) is 1. The smallest absolute Gasteiger partial charge is 0.161 e. The number of pyridine rings is 1. The van der Waals surface area contributed by atoms with Gasteiger partial charge in [-0.25, -0.2) is 14.4 Å². The van der Waals surface area contributed by atoms with Gasteiger partial charge in [0.15, 0.2) is 5.82 Å². The first kappa shape index (κ1) is 22.0. The van der Waals surface area contributed by atoms with E-state index in [9.17, 15) is 4.39 Å². The van der Waals surface area contributed by atoms with Crippen LogP contribution in [0.1, 0.15) is 32.4 Å². The van der Waals surface area contributed by atoms with Gasteiger partial charge in [-0.2, -0.15) is 0 Å². The van der Waals surface area contributed by atoms with Gasteiger partial charge in [0.25, 0.3) is 0 Å². The molecule has 6 rings (SSSR count). The molecule has 0 aliphatic carbocycles. The van der Waals surface area contributed by atoms with Crippen LogP contribution in [0.25, 0.3) is 28.3 Å². The molecule has 2 atom stereocenters. The van der Waals surface area contributed by atoms with Gasteiger partial charge in [0.05, 0.1) is 23.6 Å². The Balaban J connectivity index is 1.30. The lowest BCUT2D eigenvalue weighted by Gasteiger charge is -2.20. The van der Waals surface area contributed by atoms with Crippen molar-refractivity contribution in [1.82, 2.24) is 24.4 Å². The molecule has 0 amide bonds. The molecule has 1 fully saturated rings. The third-order valence-corrected chi connectivity index (χ3v) is 7.44. The molecule has 4 aromatic rings. The number of anilines is 1. The highest BCUT2D eigenvalue weighted by molar-refractivity contribution is 5.71. The van der Waals surface area contributed by atoms with Gasteiger partial charge >= 0.3 is 0 Å². The Bertz CT molecular complexity index is 1340. The normalized spacial score (nSPS) is 17.6. The van der Waals surface area contributed by atoms with Crippen LogP contribution in [-0.2, 0) is 6.54 Å². The number of hydrogen-bond acceptors (Lipinski definition) is 4. The highest BCUT2D eigenvalue weighted by Gasteiger charge is 2.26. The minimum Gasteiger partial charge on any atom is -0.356 e. The highest BCUT2D eigenvalue weighted by Crippen LogP contribution is 2.34. The third kappa shape index (κ3) is 4.14. The van der Waals surface area contributed by atoms with Crippen molar-refractivity contribution in [3.8, 4) is 28.3 Å². The molecule has 0 radical (unpaired) electrons. The summed E-state index contributed by atoms with van der Waals surface area (Å²) in [4.78, 5) is 12.2. The number of hydrogen-bond donors (Lipinski definition) is 1. The number of rotatable bonds is 6. The fourth-order valence-electron chi connectivity index (χ4n) is 5.19. The fourth-order valence-corrected chi connectivity index (χ4v) is 5.19. The molecule has 6 nitrogen and oxygen atoms in total. The second-order valence-electron chi connectivity index (χ2n) is 9.82. The Kier molecular flexibility index (Phi) is 5.65. The molecule has 2 aliphatic rings. The zero-order valence-electron chi connectivity index (χ0n) is 20.3. The largest absolute Gasteiger partial charge is 0.356 e. The van der Waals surface area contributed by atoms with E-state index in [1.54, 1.807) is 0 Å². The second kappa shape index (κ2) is 8.96. The van der Waals surface area contributed by atoms with Crippen molar-refractivity contribution in [2.24, 2.45) is 5.92 Å². The Morgan fingerprint density at radius 3 is 2.83 bits per heavy atom. The molecule has 3 aromatic heterocycles. The molecule has 0 bridgehead atoms. The van der Waals surface area contributed by atoms with Gasteiger partial charge in [-0.3, -0.25) is 4.57 Å². The highest BCUT2D eigenvalue weighted by atomic mass is 19.1. The van der Waals surface area contributed by atoms with Crippen LogP contribution in [0.15, 0.2) is 61.1 Å². The molecule has 5 heterocycles. The summed E-state index contributed by atoms with van der Waals surface area (Å²) in [7, 11) is 0. The van der Waals surface area contributed by atoms with Gasteiger partial charge in [-0.15, -0.1) is 0 Å². The average molecular weight is 471 g/mol. The van der Waals surface area contributed by atoms with Crippen LogP contribution in [0.4, 0.5) is 10.2 Å². The first-order valence-electron chi connectivity index (χ1n) is 12.6. The van der Waals surface area contributed by atoms with E-state index in [0.29, 0.717) is 18.5 Å². The molecule has 2 aliphatic heterocycles. The number of aromatic nitrogens is 4. The summed E-state index contributed by atoms with van der Waals surface area (Å²) in [5.41, 5.74) is 5.17. The van der Waals surface area contributed by atoms with Crippen molar-refractivity contribution in [2.75, 3.05) is 24.5 Å². The Morgan fingerprint density at radius 2 is 2.00 bits per heavy atom. The summed E-state index contributed by atoms with van der Waals surface area (Å²) in [5, 5.41) is 3.66. The Labute approximate surface area is 205 Å². The number of benzene rings is 1. The summed E-state index contributed by atoms with van der Waals surface area (Å²) in [6.07, 6.45) is 8.31. The monoisotopic (exact) mass is 470 g/mol. The van der Waals surface area contributed by atoms with Crippen molar-refractivity contribution >= 4 is 5.82 Å². The number of nitrogens with zero attached hydrogens (tertiary/aromatic N) is 5. The van der Waals surface area contributed by atoms with Crippen molar-refractivity contribution in [2.45, 2.75) is 39.3 Å². The van der Waals surface area contributed by atoms with E-state index in [0.717, 1.165) is 65.9 Å². The second-order valence-corrected chi connectivity index (χ2v) is 9.82. The van der Waals surface area contributed by atoms with Crippen LogP contribution >= 0.6 is 0 Å². The van der Waals surface area contributed by atoms with E-state index in [1.165, 1.54) is 18.6 Å². The molecule has 0 spiro atoms. The van der Waals surface area contributed by atoms with Crippen LogP contribution < -0.4 is 10.2 Å². The lowest BCUT2D eigenvalue weighted by molar-refractivity contribution is 0.456. The molecule has 1 N–H and O–H groups in total. The minimum atomic E-state index is -0.226. The summed E-state index contributed by atoms with van der Waals surface area (Å²) in [5.74, 6) is 2.37. The van der Waals surface area contributed by atoms with E-state index in [4.69, 9.17) is 4.98 Å². The SMILES string of the molecule is CC[C@H](C)NC[C@H]1CCN(c2ccc3c(n2)Cn2cc(-c4ccc(F)cc4)cc2-c2nccn2-3)C1. The lowest BCUT2D eigenvalue weighted by Crippen LogP contribution is -2.32. The zero-order valence-corrected chi connectivity index (χ0v) is 20.3. The quantitative estimate of drug-likeness (QED) is 0.374. The van der Waals surface area contributed by atoms with Gasteiger partial charge in [0, 0.05) is 43.3 Å². The van der Waals surface area contributed by atoms with Crippen molar-refractivity contribution < 1.29 is 4.39 Å². The van der Waals surface area contributed by atoms with Crippen LogP contribution in [0.3, 0.4) is 0 Å². The van der Waals surface area contributed by atoms with Gasteiger partial charge < -0.3 is 14.8 Å². The summed E-state index contributed by atoms with van der Waals surface area (Å²) < 4.78 is 17.8. The Morgan fingerprint density at radius 1 is 1.14 bits per heavy atom. The van der Waals surface area contributed by atoms with E-state index >= 15 is 0 Å². The van der Waals surface area contributed by atoms with E-state index in [2.05, 4.69) is 62.6 Å². The molecule has 0 unspecified atom stereocenters. The first-order chi connectivity index (χ1) is 17.1. The molecule has 1 aromatic carbocycles. The van der Waals surface area contributed by atoms with Gasteiger partial charge in [-0.05, 0) is 68.1 Å². The maximum absolute atomic E-state index is 13.5. The summed E-state index contributed by atoms with van der Waals surface area (Å²) in [6.45, 7) is 8.28. The Hall–Kier alpha value is -3.45. The molecule has 35 heavy (non-hydrogen) atoms. The molecule has 1 saturated heterocycles. The van der Waals surface area contributed by atoms with Gasteiger partial charge in [0.1, 0.15) is 11.6 Å². The van der Waals surface area contributed by atoms with Crippen LogP contribution in [0.2, 0.25) is 0 Å². The molecule has 7 heteroatoms. The molecule has 0 saturated carbocycles. The average Bonchev–Trinajstić information content (AvgIpc) is 3.62. The summed E-state index contributed by atoms with van der Waals surface area (Å²) in [6, 6.07) is 13.7. The summed E-state index contributed by atoms with van der Waals surface area (Å²) >= 11 is 0. The van der Waals surface area contributed by atoms with Crippen molar-refractivity contribution in [3.63, 3.8) is 0 Å². The van der Waals surface area contributed by atoms with Crippen molar-refractivity contribution in [3.05, 3.63) is 72.6 Å². The van der Waals surface area contributed by atoms with Gasteiger partial charge in [0.2, 0.25) is 0 Å².